The second-order valence-electron chi connectivity index (χ2n) is 8.87. The van der Waals surface area contributed by atoms with Gasteiger partial charge < -0.3 is 10.1 Å². The summed E-state index contributed by atoms with van der Waals surface area (Å²) in [6.07, 6.45) is 0.189. The van der Waals surface area contributed by atoms with E-state index in [0.29, 0.717) is 30.6 Å². The molecular weight excluding hydrogens is 433 g/mol. The van der Waals surface area contributed by atoms with E-state index in [1.807, 2.05) is 38.2 Å². The van der Waals surface area contributed by atoms with Crippen molar-refractivity contribution < 1.29 is 22.7 Å². The number of carbonyl (C=O) groups excluding carboxylic acids is 1. The number of amides is 1. The number of fused-ring (bicyclic) bond motifs is 2. The summed E-state index contributed by atoms with van der Waals surface area (Å²) in [5.74, 6) is 0.109. The van der Waals surface area contributed by atoms with Crippen molar-refractivity contribution >= 4 is 11.5 Å². The van der Waals surface area contributed by atoms with E-state index in [4.69, 9.17) is 4.74 Å². The van der Waals surface area contributed by atoms with Crippen LogP contribution in [-0.4, -0.2) is 28.5 Å². The van der Waals surface area contributed by atoms with Crippen molar-refractivity contribution in [3.63, 3.8) is 0 Å². The fourth-order valence-electron chi connectivity index (χ4n) is 4.58. The number of aryl methyl sites for hydroxylation is 1. The predicted octanol–water partition coefficient (Wildman–Crippen LogP) is 4.82. The number of halogens is 3. The van der Waals surface area contributed by atoms with Gasteiger partial charge in [0, 0.05) is 30.6 Å². The lowest BCUT2D eigenvalue weighted by atomic mass is 9.78. The Morgan fingerprint density at radius 2 is 2.15 bits per heavy atom. The summed E-state index contributed by atoms with van der Waals surface area (Å²) in [6.45, 7) is 3.99. The van der Waals surface area contributed by atoms with Crippen LogP contribution in [0.2, 0.25) is 0 Å². The Balaban J connectivity index is 1.57. The van der Waals surface area contributed by atoms with Crippen LogP contribution in [0, 0.1) is 11.3 Å². The highest BCUT2D eigenvalue weighted by Gasteiger charge is 2.45. The van der Waals surface area contributed by atoms with E-state index in [2.05, 4.69) is 10.4 Å². The first-order chi connectivity index (χ1) is 15.6. The number of aromatic nitrogens is 2. The van der Waals surface area contributed by atoms with Gasteiger partial charge in [-0.15, -0.1) is 0 Å². The minimum absolute atomic E-state index is 0.0154. The zero-order valence-electron chi connectivity index (χ0n) is 18.5. The first kappa shape index (κ1) is 22.9. The van der Waals surface area contributed by atoms with E-state index in [1.165, 1.54) is 0 Å². The smallest absolute Gasteiger partial charge is 0.389 e. The van der Waals surface area contributed by atoms with E-state index in [-0.39, 0.29) is 24.6 Å². The van der Waals surface area contributed by atoms with Gasteiger partial charge in [0.1, 0.15) is 17.4 Å². The Labute approximate surface area is 190 Å². The zero-order chi connectivity index (χ0) is 23.8. The quantitative estimate of drug-likeness (QED) is 0.629. The molecule has 1 aliphatic heterocycles. The van der Waals surface area contributed by atoms with Gasteiger partial charge in [0.05, 0.1) is 18.3 Å². The SMILES string of the molecule is CC(C)n1cc(C2=C(C#N)C(=O)NC3(CCc4cc(OCCCC(F)(F)F)ccc43)C2)cn1. The largest absolute Gasteiger partial charge is 0.494 e. The van der Waals surface area contributed by atoms with Crippen molar-refractivity contribution in [3.8, 4) is 11.8 Å². The van der Waals surface area contributed by atoms with Crippen LogP contribution in [0.15, 0.2) is 36.2 Å². The monoisotopic (exact) mass is 458 g/mol. The second-order valence-corrected chi connectivity index (χ2v) is 8.87. The van der Waals surface area contributed by atoms with Gasteiger partial charge in [-0.2, -0.15) is 23.5 Å². The minimum Gasteiger partial charge on any atom is -0.494 e. The number of hydrogen-bond acceptors (Lipinski definition) is 4. The molecule has 1 unspecified atom stereocenters. The van der Waals surface area contributed by atoms with Gasteiger partial charge in [0.2, 0.25) is 0 Å². The van der Waals surface area contributed by atoms with E-state index in [1.54, 1.807) is 16.9 Å². The third-order valence-corrected chi connectivity index (χ3v) is 6.24. The van der Waals surface area contributed by atoms with Crippen LogP contribution in [0.3, 0.4) is 0 Å². The molecule has 0 radical (unpaired) electrons. The summed E-state index contributed by atoms with van der Waals surface area (Å²) in [5.41, 5.74) is 2.82. The number of hydrogen-bond donors (Lipinski definition) is 1. The summed E-state index contributed by atoms with van der Waals surface area (Å²) >= 11 is 0. The molecule has 1 atom stereocenters. The van der Waals surface area contributed by atoms with Crippen molar-refractivity contribution in [1.29, 1.82) is 5.26 Å². The Bertz CT molecular complexity index is 1140. The molecule has 2 heterocycles. The molecule has 174 valence electrons. The van der Waals surface area contributed by atoms with Crippen LogP contribution in [0.5, 0.6) is 5.75 Å². The van der Waals surface area contributed by atoms with Crippen LogP contribution in [0.4, 0.5) is 13.2 Å². The molecule has 2 aliphatic rings. The van der Waals surface area contributed by atoms with Gasteiger partial charge in [-0.1, -0.05) is 6.07 Å². The number of carbonyl (C=O) groups is 1. The van der Waals surface area contributed by atoms with Gasteiger partial charge >= 0.3 is 6.18 Å². The lowest BCUT2D eigenvalue weighted by molar-refractivity contribution is -0.136. The lowest BCUT2D eigenvalue weighted by Gasteiger charge is -2.36. The second kappa shape index (κ2) is 8.58. The lowest BCUT2D eigenvalue weighted by Crippen LogP contribution is -2.48. The molecule has 2 aromatic rings. The molecule has 9 heteroatoms. The highest BCUT2D eigenvalue weighted by molar-refractivity contribution is 6.07. The molecule has 0 saturated carbocycles. The van der Waals surface area contributed by atoms with E-state index < -0.39 is 24.0 Å². The maximum absolute atomic E-state index is 12.9. The molecule has 4 rings (SSSR count). The molecule has 1 N–H and O–H groups in total. The fraction of sp³-hybridized carbons (Fsp3) is 0.458. The Morgan fingerprint density at radius 1 is 1.36 bits per heavy atom. The summed E-state index contributed by atoms with van der Waals surface area (Å²) in [7, 11) is 0. The molecular formula is C24H25F3N4O2. The first-order valence-electron chi connectivity index (χ1n) is 10.9. The number of alkyl halides is 3. The number of rotatable bonds is 6. The van der Waals surface area contributed by atoms with Crippen LogP contribution in [0.25, 0.3) is 5.57 Å². The molecule has 6 nitrogen and oxygen atoms in total. The first-order valence-corrected chi connectivity index (χ1v) is 10.9. The molecule has 0 bridgehead atoms. The number of nitrogens with one attached hydrogen (secondary N) is 1. The third kappa shape index (κ3) is 4.61. The van der Waals surface area contributed by atoms with Crippen molar-refractivity contribution in [2.24, 2.45) is 0 Å². The molecule has 1 aromatic carbocycles. The standard InChI is InChI=1S/C24H25F3N4O2/c1-15(2)31-14-17(13-29-31)19-11-23(30-22(32)20(19)12-28)8-6-16-10-18(4-5-21(16)23)33-9-3-7-24(25,26)27/h4-5,10,13-15H,3,6-9,11H2,1-2H3,(H,30,32). The Hall–Kier alpha value is -3.28. The molecule has 1 spiro atoms. The van der Waals surface area contributed by atoms with Gasteiger partial charge in [0.15, 0.2) is 0 Å². The number of ether oxygens (including phenoxy) is 1. The molecule has 0 fully saturated rings. The van der Waals surface area contributed by atoms with Crippen molar-refractivity contribution in [1.82, 2.24) is 15.1 Å². The van der Waals surface area contributed by atoms with Crippen LogP contribution < -0.4 is 10.1 Å². The van der Waals surface area contributed by atoms with Gasteiger partial charge in [-0.05, 0) is 61.9 Å². The topological polar surface area (TPSA) is 79.9 Å². The van der Waals surface area contributed by atoms with Crippen molar-refractivity contribution in [3.05, 3.63) is 52.9 Å². The molecule has 1 amide bonds. The van der Waals surface area contributed by atoms with E-state index >= 15 is 0 Å². The van der Waals surface area contributed by atoms with E-state index in [0.717, 1.165) is 16.7 Å². The zero-order valence-corrected chi connectivity index (χ0v) is 18.5. The molecule has 0 saturated heterocycles. The summed E-state index contributed by atoms with van der Waals surface area (Å²) < 4.78 is 44.3. The van der Waals surface area contributed by atoms with Crippen LogP contribution in [-0.2, 0) is 16.8 Å². The molecule has 1 aliphatic carbocycles. The van der Waals surface area contributed by atoms with Crippen molar-refractivity contribution in [2.75, 3.05) is 6.61 Å². The van der Waals surface area contributed by atoms with Crippen LogP contribution >= 0.6 is 0 Å². The molecule has 1 aromatic heterocycles. The summed E-state index contributed by atoms with van der Waals surface area (Å²) in [6, 6.07) is 7.64. The highest BCUT2D eigenvalue weighted by Crippen LogP contribution is 2.47. The predicted molar refractivity (Wildman–Crippen MR) is 115 cm³/mol. The number of nitriles is 1. The van der Waals surface area contributed by atoms with Gasteiger partial charge in [0.25, 0.3) is 5.91 Å². The van der Waals surface area contributed by atoms with Crippen molar-refractivity contribution in [2.45, 2.75) is 63.7 Å². The maximum Gasteiger partial charge on any atom is 0.389 e. The normalized spacial score (nSPS) is 20.2. The summed E-state index contributed by atoms with van der Waals surface area (Å²) in [5, 5.41) is 17.1. The van der Waals surface area contributed by atoms with E-state index in [9.17, 15) is 23.2 Å². The number of nitrogens with zero attached hydrogens (tertiary/aromatic N) is 3. The average Bonchev–Trinajstić information content (AvgIpc) is 3.36. The fourth-order valence-corrected chi connectivity index (χ4v) is 4.58. The van der Waals surface area contributed by atoms with Gasteiger partial charge in [-0.3, -0.25) is 9.48 Å². The Kier molecular flexibility index (Phi) is 5.95. The van der Waals surface area contributed by atoms with Gasteiger partial charge in [-0.25, -0.2) is 0 Å². The number of benzene rings is 1. The minimum atomic E-state index is -4.19. The maximum atomic E-state index is 12.9. The molecule has 33 heavy (non-hydrogen) atoms. The van der Waals surface area contributed by atoms with Crippen LogP contribution in [0.1, 0.15) is 62.3 Å². The third-order valence-electron chi connectivity index (χ3n) is 6.24. The average molecular weight is 458 g/mol. The Morgan fingerprint density at radius 3 is 2.82 bits per heavy atom. The highest BCUT2D eigenvalue weighted by atomic mass is 19.4. The summed E-state index contributed by atoms with van der Waals surface area (Å²) in [4.78, 5) is 12.9.